The highest BCUT2D eigenvalue weighted by Gasteiger charge is 2.23. The number of aliphatic hydroxyl groups excluding tert-OH is 1. The van der Waals surface area contributed by atoms with Gasteiger partial charge in [0.25, 0.3) is 0 Å². The lowest BCUT2D eigenvalue weighted by atomic mass is 10.1. The van der Waals surface area contributed by atoms with Gasteiger partial charge in [-0.25, -0.2) is 0 Å². The Morgan fingerprint density at radius 1 is 1.52 bits per heavy atom. The summed E-state index contributed by atoms with van der Waals surface area (Å²) in [5, 5.41) is 28.4. The Kier molecular flexibility index (Phi) is 5.27. The van der Waals surface area contributed by atoms with Gasteiger partial charge in [0.1, 0.15) is 11.4 Å². The van der Waals surface area contributed by atoms with E-state index in [1.165, 1.54) is 4.68 Å². The maximum Gasteiger partial charge on any atom is 0.312 e. The minimum absolute atomic E-state index is 0.0274. The highest BCUT2D eigenvalue weighted by atomic mass is 16.6. The SMILES string of the molecule is Cc1nn(CC(O)CNC2CCOCC2)c(C)c1[N+](=O)[O-]. The molecule has 2 rings (SSSR count). The number of hydrogen-bond donors (Lipinski definition) is 2. The topological polar surface area (TPSA) is 102 Å². The monoisotopic (exact) mass is 298 g/mol. The maximum atomic E-state index is 10.9. The summed E-state index contributed by atoms with van der Waals surface area (Å²) < 4.78 is 6.78. The Morgan fingerprint density at radius 2 is 2.19 bits per heavy atom. The van der Waals surface area contributed by atoms with Gasteiger partial charge in [-0.15, -0.1) is 0 Å². The van der Waals surface area contributed by atoms with E-state index >= 15 is 0 Å². The number of nitro groups is 1. The molecule has 0 aromatic carbocycles. The van der Waals surface area contributed by atoms with Crippen molar-refractivity contribution in [3.63, 3.8) is 0 Å². The Labute approximate surface area is 123 Å². The lowest BCUT2D eigenvalue weighted by molar-refractivity contribution is -0.386. The van der Waals surface area contributed by atoms with Crippen LogP contribution in [-0.4, -0.2) is 51.7 Å². The third kappa shape index (κ3) is 3.99. The van der Waals surface area contributed by atoms with Crippen LogP contribution in [0.25, 0.3) is 0 Å². The van der Waals surface area contributed by atoms with E-state index < -0.39 is 11.0 Å². The first-order valence-electron chi connectivity index (χ1n) is 7.16. The average molecular weight is 298 g/mol. The van der Waals surface area contributed by atoms with Crippen molar-refractivity contribution >= 4 is 5.69 Å². The van der Waals surface area contributed by atoms with E-state index in [4.69, 9.17) is 4.74 Å². The van der Waals surface area contributed by atoms with Gasteiger partial charge >= 0.3 is 5.69 Å². The van der Waals surface area contributed by atoms with Gasteiger partial charge < -0.3 is 15.2 Å². The predicted octanol–water partition coefficient (Wildman–Crippen LogP) is 0.538. The van der Waals surface area contributed by atoms with Gasteiger partial charge in [-0.1, -0.05) is 0 Å². The molecular formula is C13H22N4O4. The van der Waals surface area contributed by atoms with Gasteiger partial charge in [-0.2, -0.15) is 5.10 Å². The fraction of sp³-hybridized carbons (Fsp3) is 0.769. The number of aromatic nitrogens is 2. The van der Waals surface area contributed by atoms with Crippen molar-refractivity contribution in [1.82, 2.24) is 15.1 Å². The van der Waals surface area contributed by atoms with Crippen LogP contribution in [0, 0.1) is 24.0 Å². The first-order valence-corrected chi connectivity index (χ1v) is 7.16. The van der Waals surface area contributed by atoms with Crippen LogP contribution >= 0.6 is 0 Å². The van der Waals surface area contributed by atoms with Gasteiger partial charge in [-0.3, -0.25) is 14.8 Å². The maximum absolute atomic E-state index is 10.9. The standard InChI is InChI=1S/C13H22N4O4/c1-9-13(17(19)20)10(2)16(15-9)8-12(18)7-14-11-3-5-21-6-4-11/h11-12,14,18H,3-8H2,1-2H3. The number of hydrogen-bond acceptors (Lipinski definition) is 6. The zero-order valence-corrected chi connectivity index (χ0v) is 12.4. The molecule has 0 bridgehead atoms. The second kappa shape index (κ2) is 6.97. The van der Waals surface area contributed by atoms with Crippen LogP contribution < -0.4 is 5.32 Å². The minimum Gasteiger partial charge on any atom is -0.390 e. The van der Waals surface area contributed by atoms with Gasteiger partial charge in [-0.05, 0) is 26.7 Å². The molecule has 1 atom stereocenters. The van der Waals surface area contributed by atoms with Crippen molar-refractivity contribution in [2.75, 3.05) is 19.8 Å². The first kappa shape index (κ1) is 15.9. The normalized spacial score (nSPS) is 17.9. The molecular weight excluding hydrogens is 276 g/mol. The Balaban J connectivity index is 1.89. The number of ether oxygens (including phenoxy) is 1. The van der Waals surface area contributed by atoms with Crippen molar-refractivity contribution < 1.29 is 14.8 Å². The van der Waals surface area contributed by atoms with Crippen LogP contribution in [0.2, 0.25) is 0 Å². The molecule has 0 saturated carbocycles. The van der Waals surface area contributed by atoms with E-state index in [1.807, 2.05) is 0 Å². The third-order valence-corrected chi connectivity index (χ3v) is 3.77. The Hall–Kier alpha value is -1.51. The summed E-state index contributed by atoms with van der Waals surface area (Å²) in [6, 6.07) is 0.364. The van der Waals surface area contributed by atoms with Gasteiger partial charge in [0.2, 0.25) is 0 Å². The molecule has 0 radical (unpaired) electrons. The zero-order chi connectivity index (χ0) is 15.4. The summed E-state index contributed by atoms with van der Waals surface area (Å²) >= 11 is 0. The van der Waals surface area contributed by atoms with Crippen molar-refractivity contribution in [1.29, 1.82) is 0 Å². The van der Waals surface area contributed by atoms with E-state index in [9.17, 15) is 15.2 Å². The van der Waals surface area contributed by atoms with E-state index in [0.29, 0.717) is 24.0 Å². The van der Waals surface area contributed by atoms with E-state index in [0.717, 1.165) is 26.1 Å². The first-order chi connectivity index (χ1) is 9.99. The predicted molar refractivity (Wildman–Crippen MR) is 76.2 cm³/mol. The Bertz CT molecular complexity index is 497. The molecule has 1 aromatic rings. The molecule has 2 heterocycles. The molecule has 8 heteroatoms. The van der Waals surface area contributed by atoms with Crippen LogP contribution in [-0.2, 0) is 11.3 Å². The summed E-state index contributed by atoms with van der Waals surface area (Å²) in [4.78, 5) is 10.5. The zero-order valence-electron chi connectivity index (χ0n) is 12.4. The fourth-order valence-electron chi connectivity index (χ4n) is 2.60. The smallest absolute Gasteiger partial charge is 0.312 e. The second-order valence-electron chi connectivity index (χ2n) is 5.41. The molecule has 0 amide bonds. The van der Waals surface area contributed by atoms with Gasteiger partial charge in [0.15, 0.2) is 0 Å². The molecule has 1 aromatic heterocycles. The van der Waals surface area contributed by atoms with Gasteiger partial charge in [0.05, 0.1) is 17.6 Å². The molecule has 21 heavy (non-hydrogen) atoms. The number of aryl methyl sites for hydroxylation is 1. The fourth-order valence-corrected chi connectivity index (χ4v) is 2.60. The molecule has 1 fully saturated rings. The molecule has 2 N–H and O–H groups in total. The van der Waals surface area contributed by atoms with Crippen molar-refractivity contribution in [3.8, 4) is 0 Å². The van der Waals surface area contributed by atoms with E-state index in [1.54, 1.807) is 13.8 Å². The largest absolute Gasteiger partial charge is 0.390 e. The van der Waals surface area contributed by atoms with Crippen LogP contribution in [0.15, 0.2) is 0 Å². The molecule has 0 spiro atoms. The van der Waals surface area contributed by atoms with Crippen molar-refractivity contribution in [3.05, 3.63) is 21.5 Å². The number of nitrogens with zero attached hydrogens (tertiary/aromatic N) is 3. The number of nitrogens with one attached hydrogen (secondary N) is 1. The summed E-state index contributed by atoms with van der Waals surface area (Å²) in [5.74, 6) is 0. The van der Waals surface area contributed by atoms with Crippen LogP contribution in [0.4, 0.5) is 5.69 Å². The van der Waals surface area contributed by atoms with E-state index in [2.05, 4.69) is 10.4 Å². The van der Waals surface area contributed by atoms with Crippen LogP contribution in [0.3, 0.4) is 0 Å². The number of aliphatic hydroxyl groups is 1. The van der Waals surface area contributed by atoms with Crippen LogP contribution in [0.1, 0.15) is 24.2 Å². The lowest BCUT2D eigenvalue weighted by Gasteiger charge is -2.24. The summed E-state index contributed by atoms with van der Waals surface area (Å²) in [6.45, 7) is 5.44. The van der Waals surface area contributed by atoms with E-state index in [-0.39, 0.29) is 12.2 Å². The highest BCUT2D eigenvalue weighted by molar-refractivity contribution is 5.39. The Morgan fingerprint density at radius 3 is 2.76 bits per heavy atom. The molecule has 1 unspecified atom stereocenters. The third-order valence-electron chi connectivity index (χ3n) is 3.77. The summed E-state index contributed by atoms with van der Waals surface area (Å²) in [6.07, 6.45) is 1.25. The molecule has 1 aliphatic rings. The van der Waals surface area contributed by atoms with Crippen molar-refractivity contribution in [2.45, 2.75) is 45.4 Å². The molecule has 1 aliphatic heterocycles. The van der Waals surface area contributed by atoms with Crippen molar-refractivity contribution in [2.24, 2.45) is 0 Å². The van der Waals surface area contributed by atoms with Gasteiger partial charge in [0, 0.05) is 25.8 Å². The molecule has 8 nitrogen and oxygen atoms in total. The second-order valence-corrected chi connectivity index (χ2v) is 5.41. The van der Waals surface area contributed by atoms with Crippen LogP contribution in [0.5, 0.6) is 0 Å². The molecule has 118 valence electrons. The molecule has 0 aliphatic carbocycles. The lowest BCUT2D eigenvalue weighted by Crippen LogP contribution is -2.40. The quantitative estimate of drug-likeness (QED) is 0.587. The summed E-state index contributed by atoms with van der Waals surface area (Å²) in [7, 11) is 0. The minimum atomic E-state index is -0.634. The average Bonchev–Trinajstić information content (AvgIpc) is 2.72. The summed E-state index contributed by atoms with van der Waals surface area (Å²) in [5.41, 5.74) is 0.879. The molecule has 1 saturated heterocycles. The number of rotatable bonds is 6. The highest BCUT2D eigenvalue weighted by Crippen LogP contribution is 2.21.